The van der Waals surface area contributed by atoms with Gasteiger partial charge < -0.3 is 14.3 Å². The second kappa shape index (κ2) is 12.2. The highest BCUT2D eigenvalue weighted by Crippen LogP contribution is 2.46. The summed E-state index contributed by atoms with van der Waals surface area (Å²) in [4.78, 5) is 11.0. The zero-order valence-electron chi connectivity index (χ0n) is 24.6. The third-order valence-corrected chi connectivity index (χ3v) is 17.3. The molecule has 5 atom stereocenters. The van der Waals surface area contributed by atoms with Crippen molar-refractivity contribution in [2.45, 2.75) is 115 Å². The molecule has 36 heavy (non-hydrogen) atoms. The van der Waals surface area contributed by atoms with E-state index in [1.807, 2.05) is 6.08 Å². The molecule has 2 rings (SSSR count). The van der Waals surface area contributed by atoms with Gasteiger partial charge in [0.05, 0.1) is 12.2 Å². The summed E-state index contributed by atoms with van der Waals surface area (Å²) in [5.41, 5.74) is 1.36. The van der Waals surface area contributed by atoms with Gasteiger partial charge in [-0.05, 0) is 85.8 Å². The molecule has 0 unspecified atom stereocenters. The zero-order valence-corrected chi connectivity index (χ0v) is 26.6. The molecule has 1 saturated carbocycles. The van der Waals surface area contributed by atoms with Gasteiger partial charge >= 0.3 is 0 Å². The Morgan fingerprint density at radius 2 is 1.69 bits per heavy atom. The fourth-order valence-corrected chi connectivity index (χ4v) is 7.14. The zero-order chi connectivity index (χ0) is 27.4. The van der Waals surface area contributed by atoms with Crippen molar-refractivity contribution in [3.8, 4) is 0 Å². The molecule has 2 N–H and O–H groups in total. The van der Waals surface area contributed by atoms with Gasteiger partial charge in [-0.3, -0.25) is 0 Å². The summed E-state index contributed by atoms with van der Waals surface area (Å²) in [5, 5.41) is 11.0. The molecule has 3 nitrogen and oxygen atoms in total. The molecule has 1 aliphatic carbocycles. The first-order chi connectivity index (χ1) is 16.5. The van der Waals surface area contributed by atoms with Crippen LogP contribution in [0.25, 0.3) is 0 Å². The van der Waals surface area contributed by atoms with Gasteiger partial charge in [0.2, 0.25) is 0 Å². The average Bonchev–Trinajstić information content (AvgIpc) is 3.02. The first-order valence-corrected chi connectivity index (χ1v) is 19.8. The van der Waals surface area contributed by atoms with Crippen LogP contribution in [0, 0.1) is 17.8 Å². The SMILES string of the molecule is C=CC[C@@H]1[C@@H](/C=C/[C@H](CCc2ccccc2)CC(C)(C)[Si](C)(C)O)[C@H](O[Si](C)(C)C(C)(C)C)C[C@H]1O. The number of rotatable bonds is 12. The Bertz CT molecular complexity index is 849. The van der Waals surface area contributed by atoms with Crippen LogP contribution in [0.15, 0.2) is 55.1 Å². The highest BCUT2D eigenvalue weighted by Gasteiger charge is 2.47. The number of aryl methyl sites for hydroxylation is 1. The minimum absolute atomic E-state index is 0.0357. The minimum Gasteiger partial charge on any atom is -0.432 e. The van der Waals surface area contributed by atoms with Crippen LogP contribution in [0.2, 0.25) is 36.3 Å². The van der Waals surface area contributed by atoms with E-state index >= 15 is 0 Å². The van der Waals surface area contributed by atoms with E-state index in [0.29, 0.717) is 12.3 Å². The summed E-state index contributed by atoms with van der Waals surface area (Å²) < 4.78 is 6.90. The van der Waals surface area contributed by atoms with E-state index in [-0.39, 0.29) is 34.1 Å². The van der Waals surface area contributed by atoms with Gasteiger partial charge in [0.15, 0.2) is 16.6 Å². The molecule has 0 bridgehead atoms. The Kier molecular flexibility index (Phi) is 10.6. The van der Waals surface area contributed by atoms with E-state index in [1.54, 1.807) is 0 Å². The lowest BCUT2D eigenvalue weighted by Crippen LogP contribution is -2.45. The van der Waals surface area contributed by atoms with Gasteiger partial charge in [-0.1, -0.05) is 83.2 Å². The van der Waals surface area contributed by atoms with Crippen LogP contribution >= 0.6 is 0 Å². The van der Waals surface area contributed by atoms with Crippen LogP contribution in [0.5, 0.6) is 0 Å². The molecule has 0 saturated heterocycles. The number of aliphatic hydroxyl groups excluding tert-OH is 1. The van der Waals surface area contributed by atoms with E-state index in [2.05, 4.69) is 110 Å². The Labute approximate surface area is 224 Å². The summed E-state index contributed by atoms with van der Waals surface area (Å²) in [6.45, 7) is 24.0. The van der Waals surface area contributed by atoms with Gasteiger partial charge in [-0.2, -0.15) is 0 Å². The van der Waals surface area contributed by atoms with Crippen LogP contribution < -0.4 is 0 Å². The van der Waals surface area contributed by atoms with Crippen molar-refractivity contribution < 1.29 is 14.3 Å². The first kappa shape index (κ1) is 31.2. The van der Waals surface area contributed by atoms with Crippen LogP contribution in [-0.2, 0) is 10.8 Å². The monoisotopic (exact) mass is 530 g/mol. The van der Waals surface area contributed by atoms with Crippen molar-refractivity contribution in [1.82, 2.24) is 0 Å². The third kappa shape index (κ3) is 8.26. The summed E-state index contributed by atoms with van der Waals surface area (Å²) >= 11 is 0. The van der Waals surface area contributed by atoms with E-state index < -0.39 is 16.6 Å². The predicted octanol–water partition coefficient (Wildman–Crippen LogP) is 8.12. The maximum Gasteiger partial charge on any atom is 0.192 e. The van der Waals surface area contributed by atoms with Crippen LogP contribution in [0.1, 0.15) is 65.9 Å². The number of allylic oxidation sites excluding steroid dienone is 2. The second-order valence-electron chi connectivity index (χ2n) is 13.8. The van der Waals surface area contributed by atoms with Gasteiger partial charge in [0.25, 0.3) is 0 Å². The molecule has 0 radical (unpaired) electrons. The number of aliphatic hydroxyl groups is 1. The molecule has 204 valence electrons. The quantitative estimate of drug-likeness (QED) is 0.212. The second-order valence-corrected chi connectivity index (χ2v) is 23.0. The number of benzene rings is 1. The van der Waals surface area contributed by atoms with Crippen molar-refractivity contribution in [2.75, 3.05) is 0 Å². The topological polar surface area (TPSA) is 49.7 Å². The summed E-state index contributed by atoms with van der Waals surface area (Å²) in [7, 11) is -4.30. The van der Waals surface area contributed by atoms with Crippen LogP contribution in [0.3, 0.4) is 0 Å². The highest BCUT2D eigenvalue weighted by molar-refractivity contribution is 6.74. The van der Waals surface area contributed by atoms with E-state index in [4.69, 9.17) is 4.43 Å². The van der Waals surface area contributed by atoms with Crippen LogP contribution in [-0.4, -0.2) is 38.7 Å². The van der Waals surface area contributed by atoms with Gasteiger partial charge in [0.1, 0.15) is 0 Å². The Hall–Kier alpha value is -0.986. The molecule has 0 heterocycles. The fourth-order valence-electron chi connectivity index (χ4n) is 5.01. The molecule has 0 amide bonds. The first-order valence-electron chi connectivity index (χ1n) is 13.9. The van der Waals surface area contributed by atoms with Crippen molar-refractivity contribution >= 4 is 16.6 Å². The molecule has 1 fully saturated rings. The smallest absolute Gasteiger partial charge is 0.192 e. The molecule has 0 aliphatic heterocycles. The fraction of sp³-hybridized carbons (Fsp3) is 0.677. The van der Waals surface area contributed by atoms with E-state index in [0.717, 1.165) is 25.7 Å². The van der Waals surface area contributed by atoms with E-state index in [1.165, 1.54) is 5.56 Å². The summed E-state index contributed by atoms with van der Waals surface area (Å²) in [6.07, 6.45) is 10.9. The molecule has 1 aromatic carbocycles. The normalized spacial score (nSPS) is 24.9. The predicted molar refractivity (Wildman–Crippen MR) is 160 cm³/mol. The average molecular weight is 531 g/mol. The van der Waals surface area contributed by atoms with Crippen molar-refractivity contribution in [3.63, 3.8) is 0 Å². The molecular weight excluding hydrogens is 477 g/mol. The maximum atomic E-state index is 11.0. The van der Waals surface area contributed by atoms with E-state index in [9.17, 15) is 9.90 Å². The largest absolute Gasteiger partial charge is 0.432 e. The Morgan fingerprint density at radius 3 is 2.22 bits per heavy atom. The lowest BCUT2D eigenvalue weighted by atomic mass is 9.86. The van der Waals surface area contributed by atoms with Crippen molar-refractivity contribution in [1.29, 1.82) is 0 Å². The number of hydrogen-bond acceptors (Lipinski definition) is 3. The molecule has 5 heteroatoms. The molecule has 1 aromatic rings. The summed E-state index contributed by atoms with van der Waals surface area (Å²) in [5.74, 6) is 0.670. The van der Waals surface area contributed by atoms with Crippen LogP contribution in [0.4, 0.5) is 0 Å². The standard InChI is InChI=1S/C31H54O3Si2/c1-11-15-26-27(29(22-28(26)32)34-36(9,10)30(2,3)4)21-20-25(23-31(5,6)35(7,8)33)19-18-24-16-13-12-14-17-24/h11-14,16-17,20-21,25-29,32-33H,1,15,18-19,22-23H2,2-10H3/b21-20+/t25-,26+,27+,28+,29+/m0/s1. The lowest BCUT2D eigenvalue weighted by molar-refractivity contribution is 0.122. The Balaban J connectivity index is 2.33. The van der Waals surface area contributed by atoms with Gasteiger partial charge in [-0.15, -0.1) is 6.58 Å². The summed E-state index contributed by atoms with van der Waals surface area (Å²) in [6, 6.07) is 10.7. The molecular formula is C31H54O3Si2. The minimum atomic E-state index is -2.33. The highest BCUT2D eigenvalue weighted by atomic mass is 28.4. The van der Waals surface area contributed by atoms with Gasteiger partial charge in [0, 0.05) is 5.92 Å². The molecule has 1 aliphatic rings. The Morgan fingerprint density at radius 1 is 1.08 bits per heavy atom. The molecule has 0 aromatic heterocycles. The number of hydrogen-bond donors (Lipinski definition) is 2. The molecule has 0 spiro atoms. The third-order valence-electron chi connectivity index (χ3n) is 9.26. The maximum absolute atomic E-state index is 11.0. The van der Waals surface area contributed by atoms with Gasteiger partial charge in [-0.25, -0.2) is 0 Å². The van der Waals surface area contributed by atoms with Crippen molar-refractivity contribution in [2.24, 2.45) is 17.8 Å². The lowest BCUT2D eigenvalue weighted by Gasteiger charge is -2.40. The van der Waals surface area contributed by atoms with Crippen molar-refractivity contribution in [3.05, 3.63) is 60.7 Å².